The van der Waals surface area contributed by atoms with Gasteiger partial charge in [0.05, 0.1) is 11.2 Å². The Labute approximate surface area is 93.8 Å². The van der Waals surface area contributed by atoms with E-state index >= 15 is 0 Å². The fourth-order valence-corrected chi connectivity index (χ4v) is 1.54. The van der Waals surface area contributed by atoms with E-state index in [4.69, 9.17) is 0 Å². The Bertz CT molecular complexity index is 541. The average Bonchev–Trinajstić information content (AvgIpc) is 2.30. The number of carbonyl (C=O) groups excluding carboxylic acids is 1. The van der Waals surface area contributed by atoms with Crippen LogP contribution in [0.4, 0.5) is 5.69 Å². The number of nitrogens with zero attached hydrogens (tertiary/aromatic N) is 1. The summed E-state index contributed by atoms with van der Waals surface area (Å²) in [5.41, 5.74) is 1.66. The van der Waals surface area contributed by atoms with Gasteiger partial charge in [-0.15, -0.1) is 0 Å². The standard InChI is InChI=1S/C13H12N2O/c1-2-5-13(16)15-12-8-3-7-11-10(12)6-4-9-14-11/h2-9H,1H3,(H,15,16). The number of benzene rings is 1. The van der Waals surface area contributed by atoms with Gasteiger partial charge in [0.25, 0.3) is 0 Å². The van der Waals surface area contributed by atoms with Crippen molar-refractivity contribution < 1.29 is 4.79 Å². The molecule has 0 unspecified atom stereocenters. The predicted molar refractivity (Wildman–Crippen MR) is 65.2 cm³/mol. The van der Waals surface area contributed by atoms with Crippen LogP contribution in [0.15, 0.2) is 48.7 Å². The molecule has 3 heteroatoms. The lowest BCUT2D eigenvalue weighted by molar-refractivity contribution is -0.111. The zero-order valence-electron chi connectivity index (χ0n) is 8.97. The van der Waals surface area contributed by atoms with Crippen LogP contribution < -0.4 is 5.32 Å². The van der Waals surface area contributed by atoms with E-state index in [0.29, 0.717) is 0 Å². The number of hydrogen-bond acceptors (Lipinski definition) is 2. The Morgan fingerprint density at radius 3 is 3.00 bits per heavy atom. The first kappa shape index (κ1) is 10.4. The van der Waals surface area contributed by atoms with Crippen LogP contribution in [0.3, 0.4) is 0 Å². The minimum absolute atomic E-state index is 0.126. The summed E-state index contributed by atoms with van der Waals surface area (Å²) in [5, 5.41) is 3.77. The molecule has 0 aliphatic heterocycles. The number of pyridine rings is 1. The predicted octanol–water partition coefficient (Wildman–Crippen LogP) is 2.75. The van der Waals surface area contributed by atoms with Gasteiger partial charge in [0.2, 0.25) is 5.91 Å². The molecular formula is C13H12N2O. The molecule has 3 nitrogen and oxygen atoms in total. The number of anilines is 1. The number of nitrogens with one attached hydrogen (secondary N) is 1. The van der Waals surface area contributed by atoms with Crippen LogP contribution in [0.5, 0.6) is 0 Å². The van der Waals surface area contributed by atoms with Crippen LogP contribution >= 0.6 is 0 Å². The first-order chi connectivity index (χ1) is 7.81. The fourth-order valence-electron chi connectivity index (χ4n) is 1.54. The lowest BCUT2D eigenvalue weighted by atomic mass is 10.2. The number of hydrogen-bond donors (Lipinski definition) is 1. The zero-order chi connectivity index (χ0) is 11.4. The quantitative estimate of drug-likeness (QED) is 0.778. The summed E-state index contributed by atoms with van der Waals surface area (Å²) < 4.78 is 0. The lowest BCUT2D eigenvalue weighted by Crippen LogP contribution is -2.07. The molecule has 1 N–H and O–H groups in total. The van der Waals surface area contributed by atoms with Crippen LogP contribution in [-0.2, 0) is 4.79 Å². The Balaban J connectivity index is 2.41. The summed E-state index contributed by atoms with van der Waals surface area (Å²) in [5.74, 6) is -0.126. The maximum absolute atomic E-state index is 11.4. The van der Waals surface area contributed by atoms with Gasteiger partial charge in [0, 0.05) is 11.6 Å². The molecule has 0 fully saturated rings. The van der Waals surface area contributed by atoms with Gasteiger partial charge in [-0.2, -0.15) is 0 Å². The second-order valence-electron chi connectivity index (χ2n) is 3.36. The molecule has 2 rings (SSSR count). The Morgan fingerprint density at radius 1 is 1.31 bits per heavy atom. The van der Waals surface area contributed by atoms with Gasteiger partial charge in [-0.1, -0.05) is 12.1 Å². The normalized spacial score (nSPS) is 10.8. The maximum Gasteiger partial charge on any atom is 0.248 e. The van der Waals surface area contributed by atoms with Gasteiger partial charge in [0.15, 0.2) is 0 Å². The van der Waals surface area contributed by atoms with E-state index in [1.165, 1.54) is 6.08 Å². The van der Waals surface area contributed by atoms with E-state index in [-0.39, 0.29) is 5.91 Å². The molecular weight excluding hydrogens is 200 g/mol. The second kappa shape index (κ2) is 4.57. The Hall–Kier alpha value is -2.16. The molecule has 1 amide bonds. The Morgan fingerprint density at radius 2 is 2.19 bits per heavy atom. The topological polar surface area (TPSA) is 42.0 Å². The van der Waals surface area contributed by atoms with Gasteiger partial charge >= 0.3 is 0 Å². The van der Waals surface area contributed by atoms with Gasteiger partial charge in [0.1, 0.15) is 0 Å². The van der Waals surface area contributed by atoms with Crippen molar-refractivity contribution in [2.24, 2.45) is 0 Å². The van der Waals surface area contributed by atoms with E-state index < -0.39 is 0 Å². The molecule has 1 aromatic carbocycles. The number of amides is 1. The van der Waals surface area contributed by atoms with Crippen molar-refractivity contribution in [1.29, 1.82) is 0 Å². The van der Waals surface area contributed by atoms with Gasteiger partial charge in [-0.3, -0.25) is 9.78 Å². The smallest absolute Gasteiger partial charge is 0.248 e. The largest absolute Gasteiger partial charge is 0.322 e. The molecule has 0 aliphatic rings. The fraction of sp³-hybridized carbons (Fsp3) is 0.0769. The molecule has 0 atom stereocenters. The summed E-state index contributed by atoms with van der Waals surface area (Å²) in [6, 6.07) is 9.45. The van der Waals surface area contributed by atoms with Crippen LogP contribution in [0.2, 0.25) is 0 Å². The van der Waals surface area contributed by atoms with Crippen molar-refractivity contribution >= 4 is 22.5 Å². The number of rotatable bonds is 2. The van der Waals surface area contributed by atoms with Crippen molar-refractivity contribution in [3.8, 4) is 0 Å². The number of aromatic nitrogens is 1. The highest BCUT2D eigenvalue weighted by molar-refractivity contribution is 6.05. The third-order valence-corrected chi connectivity index (χ3v) is 2.22. The third kappa shape index (κ3) is 2.08. The highest BCUT2D eigenvalue weighted by atomic mass is 16.1. The molecule has 0 radical (unpaired) electrons. The van der Waals surface area contributed by atoms with Crippen molar-refractivity contribution in [2.75, 3.05) is 5.32 Å². The summed E-state index contributed by atoms with van der Waals surface area (Å²) >= 11 is 0. The lowest BCUT2D eigenvalue weighted by Gasteiger charge is -2.05. The number of carbonyl (C=O) groups is 1. The van der Waals surface area contributed by atoms with Gasteiger partial charge < -0.3 is 5.32 Å². The molecule has 0 spiro atoms. The molecule has 1 heterocycles. The minimum Gasteiger partial charge on any atom is -0.322 e. The summed E-state index contributed by atoms with van der Waals surface area (Å²) in [7, 11) is 0. The van der Waals surface area contributed by atoms with E-state index in [1.54, 1.807) is 12.3 Å². The maximum atomic E-state index is 11.4. The van der Waals surface area contributed by atoms with Crippen molar-refractivity contribution in [2.45, 2.75) is 6.92 Å². The van der Waals surface area contributed by atoms with Crippen LogP contribution in [-0.4, -0.2) is 10.9 Å². The first-order valence-corrected chi connectivity index (χ1v) is 5.08. The number of fused-ring (bicyclic) bond motifs is 1. The molecule has 1 aromatic heterocycles. The molecule has 80 valence electrons. The molecule has 0 saturated heterocycles. The monoisotopic (exact) mass is 212 g/mol. The SMILES string of the molecule is CC=CC(=O)Nc1cccc2ncccc12. The van der Waals surface area contributed by atoms with E-state index in [2.05, 4.69) is 10.3 Å². The molecule has 16 heavy (non-hydrogen) atoms. The minimum atomic E-state index is -0.126. The molecule has 2 aromatic rings. The van der Waals surface area contributed by atoms with Crippen molar-refractivity contribution in [1.82, 2.24) is 4.98 Å². The third-order valence-electron chi connectivity index (χ3n) is 2.22. The van der Waals surface area contributed by atoms with E-state index in [9.17, 15) is 4.79 Å². The summed E-state index contributed by atoms with van der Waals surface area (Å²) in [4.78, 5) is 15.7. The Kier molecular flexibility index (Phi) is 2.96. The highest BCUT2D eigenvalue weighted by Crippen LogP contribution is 2.20. The van der Waals surface area contributed by atoms with Gasteiger partial charge in [-0.25, -0.2) is 0 Å². The van der Waals surface area contributed by atoms with Crippen LogP contribution in [0, 0.1) is 0 Å². The van der Waals surface area contributed by atoms with Crippen molar-refractivity contribution in [3.05, 3.63) is 48.7 Å². The van der Waals surface area contributed by atoms with Gasteiger partial charge in [-0.05, 0) is 37.3 Å². The van der Waals surface area contributed by atoms with E-state index in [1.807, 2.05) is 37.3 Å². The average molecular weight is 212 g/mol. The molecule has 0 aliphatic carbocycles. The van der Waals surface area contributed by atoms with E-state index in [0.717, 1.165) is 16.6 Å². The first-order valence-electron chi connectivity index (χ1n) is 5.08. The second-order valence-corrected chi connectivity index (χ2v) is 3.36. The van der Waals surface area contributed by atoms with Crippen molar-refractivity contribution in [3.63, 3.8) is 0 Å². The zero-order valence-corrected chi connectivity index (χ0v) is 8.97. The molecule has 0 saturated carbocycles. The van der Waals surface area contributed by atoms with Crippen LogP contribution in [0.1, 0.15) is 6.92 Å². The number of allylic oxidation sites excluding steroid dienone is 1. The van der Waals surface area contributed by atoms with Crippen LogP contribution in [0.25, 0.3) is 10.9 Å². The summed E-state index contributed by atoms with van der Waals surface area (Å²) in [6.07, 6.45) is 4.94. The highest BCUT2D eigenvalue weighted by Gasteiger charge is 2.02. The summed E-state index contributed by atoms with van der Waals surface area (Å²) in [6.45, 7) is 1.81. The molecule has 0 bridgehead atoms.